The van der Waals surface area contributed by atoms with Crippen molar-refractivity contribution in [2.75, 3.05) is 31.9 Å². The van der Waals surface area contributed by atoms with Gasteiger partial charge in [0.05, 0.1) is 7.11 Å². The van der Waals surface area contributed by atoms with Crippen molar-refractivity contribution >= 4 is 11.6 Å². The number of fused-ring (bicyclic) bond motifs is 1. The lowest BCUT2D eigenvalue weighted by Gasteiger charge is -2.34. The number of ether oxygens (including phenoxy) is 3. The largest absolute Gasteiger partial charge is 0.496 e. The maximum atomic E-state index is 12.6. The number of amides is 1. The van der Waals surface area contributed by atoms with Crippen LogP contribution in [0.5, 0.6) is 17.2 Å². The molecule has 1 fully saturated rings. The van der Waals surface area contributed by atoms with Crippen LogP contribution in [0.25, 0.3) is 0 Å². The van der Waals surface area contributed by atoms with Crippen LogP contribution >= 0.6 is 0 Å². The number of hydrogen-bond donors (Lipinski definition) is 2. The number of rotatable bonds is 8. The van der Waals surface area contributed by atoms with Gasteiger partial charge in [-0.25, -0.2) is 0 Å². The van der Waals surface area contributed by atoms with Gasteiger partial charge in [-0.1, -0.05) is 24.3 Å². The molecule has 2 aliphatic rings. The Morgan fingerprint density at radius 3 is 2.54 bits per heavy atom. The standard InChI is InChI=1S/C28H31N3O4/c1-33-25-5-3-2-4-22(25)18-29-23-12-14-31(15-13-23)24-9-7-21(8-10-24)28(32)30-17-20-6-11-26-27(16-20)35-19-34-26/h2-11,16,23,29H,12-15,17-19H2,1H3,(H,30,32). The number of benzene rings is 3. The van der Waals surface area contributed by atoms with Crippen LogP contribution in [0.1, 0.15) is 34.3 Å². The second-order valence-corrected chi connectivity index (χ2v) is 8.87. The van der Waals surface area contributed by atoms with Crippen molar-refractivity contribution in [3.05, 3.63) is 83.4 Å². The van der Waals surface area contributed by atoms with Crippen LogP contribution in [0.4, 0.5) is 5.69 Å². The molecule has 2 heterocycles. The number of piperidine rings is 1. The number of carbonyl (C=O) groups is 1. The molecule has 35 heavy (non-hydrogen) atoms. The molecule has 0 aliphatic carbocycles. The van der Waals surface area contributed by atoms with Crippen LogP contribution in [-0.2, 0) is 13.1 Å². The topological polar surface area (TPSA) is 72.1 Å². The number of hydrogen-bond acceptors (Lipinski definition) is 6. The van der Waals surface area contributed by atoms with Gasteiger partial charge in [-0.2, -0.15) is 0 Å². The first-order valence-corrected chi connectivity index (χ1v) is 12.1. The van der Waals surface area contributed by atoms with E-state index in [1.807, 2.05) is 60.7 Å². The van der Waals surface area contributed by atoms with Crippen LogP contribution in [0.2, 0.25) is 0 Å². The molecule has 3 aromatic carbocycles. The van der Waals surface area contributed by atoms with Gasteiger partial charge in [0.2, 0.25) is 6.79 Å². The average Bonchev–Trinajstić information content (AvgIpc) is 3.39. The third kappa shape index (κ3) is 5.52. The molecule has 0 spiro atoms. The third-order valence-electron chi connectivity index (χ3n) is 6.65. The summed E-state index contributed by atoms with van der Waals surface area (Å²) in [5.74, 6) is 2.30. The van der Waals surface area contributed by atoms with E-state index in [9.17, 15) is 4.79 Å². The normalized spacial score (nSPS) is 15.2. The van der Waals surface area contributed by atoms with E-state index in [0.29, 0.717) is 18.2 Å². The van der Waals surface area contributed by atoms with Gasteiger partial charge in [-0.3, -0.25) is 4.79 Å². The minimum Gasteiger partial charge on any atom is -0.496 e. The molecule has 0 unspecified atom stereocenters. The predicted molar refractivity (Wildman–Crippen MR) is 135 cm³/mol. The highest BCUT2D eigenvalue weighted by Crippen LogP contribution is 2.32. The minimum atomic E-state index is -0.0894. The molecule has 0 bridgehead atoms. The summed E-state index contributed by atoms with van der Waals surface area (Å²) in [4.78, 5) is 15.0. The summed E-state index contributed by atoms with van der Waals surface area (Å²) in [7, 11) is 1.71. The van der Waals surface area contributed by atoms with E-state index in [1.165, 1.54) is 5.56 Å². The van der Waals surface area contributed by atoms with Gasteiger partial charge in [0, 0.05) is 49.0 Å². The molecule has 0 saturated carbocycles. The minimum absolute atomic E-state index is 0.0894. The fraction of sp³-hybridized carbons (Fsp3) is 0.321. The summed E-state index contributed by atoms with van der Waals surface area (Å²) < 4.78 is 16.2. The van der Waals surface area contributed by atoms with Crippen molar-refractivity contribution in [1.82, 2.24) is 10.6 Å². The lowest BCUT2D eigenvalue weighted by atomic mass is 10.0. The second kappa shape index (κ2) is 10.7. The van der Waals surface area contributed by atoms with Crippen LogP contribution in [-0.4, -0.2) is 38.9 Å². The van der Waals surface area contributed by atoms with Crippen LogP contribution in [0.15, 0.2) is 66.7 Å². The molecule has 7 nitrogen and oxygen atoms in total. The van der Waals surface area contributed by atoms with Crippen molar-refractivity contribution in [2.24, 2.45) is 0 Å². The Labute approximate surface area is 206 Å². The molecule has 7 heteroatoms. The number of anilines is 1. The highest BCUT2D eigenvalue weighted by molar-refractivity contribution is 5.94. The Bertz CT molecular complexity index is 1160. The molecule has 1 saturated heterocycles. The van der Waals surface area contributed by atoms with Gasteiger partial charge in [0.1, 0.15) is 5.75 Å². The summed E-state index contributed by atoms with van der Waals surface area (Å²) in [6.07, 6.45) is 2.15. The molecule has 5 rings (SSSR count). The number of methoxy groups -OCH3 is 1. The van der Waals surface area contributed by atoms with Crippen molar-refractivity contribution in [3.63, 3.8) is 0 Å². The first kappa shape index (κ1) is 23.1. The van der Waals surface area contributed by atoms with Crippen molar-refractivity contribution < 1.29 is 19.0 Å². The van der Waals surface area contributed by atoms with Gasteiger partial charge in [-0.15, -0.1) is 0 Å². The quantitative estimate of drug-likeness (QED) is 0.513. The van der Waals surface area contributed by atoms with E-state index in [0.717, 1.165) is 61.0 Å². The van der Waals surface area contributed by atoms with E-state index in [1.54, 1.807) is 7.11 Å². The van der Waals surface area contributed by atoms with Gasteiger partial charge in [0.25, 0.3) is 5.91 Å². The van der Waals surface area contributed by atoms with Crippen LogP contribution in [0.3, 0.4) is 0 Å². The summed E-state index contributed by atoms with van der Waals surface area (Å²) in [6.45, 7) is 3.46. The Balaban J connectivity index is 1.09. The third-order valence-corrected chi connectivity index (χ3v) is 6.65. The van der Waals surface area contributed by atoms with E-state index in [4.69, 9.17) is 14.2 Å². The molecule has 182 valence electrons. The zero-order chi connectivity index (χ0) is 24.0. The monoisotopic (exact) mass is 473 g/mol. The Hall–Kier alpha value is -3.71. The van der Waals surface area contributed by atoms with E-state index in [2.05, 4.69) is 21.6 Å². The Kier molecular flexibility index (Phi) is 7.04. The molecule has 2 aliphatic heterocycles. The van der Waals surface area contributed by atoms with Crippen molar-refractivity contribution in [2.45, 2.75) is 32.0 Å². The van der Waals surface area contributed by atoms with Crippen LogP contribution in [0, 0.1) is 0 Å². The summed E-state index contributed by atoms with van der Waals surface area (Å²) in [5.41, 5.74) is 3.97. The Morgan fingerprint density at radius 1 is 0.971 bits per heavy atom. The highest BCUT2D eigenvalue weighted by atomic mass is 16.7. The number of carbonyl (C=O) groups excluding carboxylic acids is 1. The molecular formula is C28H31N3O4. The van der Waals surface area contributed by atoms with Gasteiger partial charge < -0.3 is 29.7 Å². The van der Waals surface area contributed by atoms with Crippen LogP contribution < -0.4 is 29.7 Å². The SMILES string of the molecule is COc1ccccc1CNC1CCN(c2ccc(C(=O)NCc3ccc4c(c3)OCO4)cc2)CC1. The summed E-state index contributed by atoms with van der Waals surface area (Å²) >= 11 is 0. The average molecular weight is 474 g/mol. The maximum Gasteiger partial charge on any atom is 0.251 e. The molecule has 3 aromatic rings. The second-order valence-electron chi connectivity index (χ2n) is 8.87. The molecule has 0 aromatic heterocycles. The van der Waals surface area contributed by atoms with E-state index >= 15 is 0 Å². The predicted octanol–water partition coefficient (Wildman–Crippen LogP) is 4.11. The molecule has 0 radical (unpaired) electrons. The van der Waals surface area contributed by atoms with Gasteiger partial charge in [-0.05, 0) is 60.9 Å². The molecule has 1 amide bonds. The lowest BCUT2D eigenvalue weighted by molar-refractivity contribution is 0.0951. The summed E-state index contributed by atoms with van der Waals surface area (Å²) in [5, 5.41) is 6.66. The van der Waals surface area contributed by atoms with Crippen molar-refractivity contribution in [1.29, 1.82) is 0 Å². The number of para-hydroxylation sites is 1. The zero-order valence-electron chi connectivity index (χ0n) is 20.0. The zero-order valence-corrected chi connectivity index (χ0v) is 20.0. The first-order chi connectivity index (χ1) is 17.2. The molecule has 0 atom stereocenters. The Morgan fingerprint density at radius 2 is 1.74 bits per heavy atom. The van der Waals surface area contributed by atoms with Gasteiger partial charge in [0.15, 0.2) is 11.5 Å². The summed E-state index contributed by atoms with van der Waals surface area (Å²) in [6, 6.07) is 22.2. The maximum absolute atomic E-state index is 12.6. The fourth-order valence-corrected chi connectivity index (χ4v) is 4.60. The molecular weight excluding hydrogens is 442 g/mol. The number of nitrogens with one attached hydrogen (secondary N) is 2. The van der Waals surface area contributed by atoms with E-state index in [-0.39, 0.29) is 12.7 Å². The molecule has 2 N–H and O–H groups in total. The van der Waals surface area contributed by atoms with Crippen molar-refractivity contribution in [3.8, 4) is 17.2 Å². The highest BCUT2D eigenvalue weighted by Gasteiger charge is 2.20. The fourth-order valence-electron chi connectivity index (χ4n) is 4.60. The smallest absolute Gasteiger partial charge is 0.251 e. The van der Waals surface area contributed by atoms with Gasteiger partial charge >= 0.3 is 0 Å². The first-order valence-electron chi connectivity index (χ1n) is 12.1. The van der Waals surface area contributed by atoms with E-state index < -0.39 is 0 Å². The number of nitrogens with zero attached hydrogens (tertiary/aromatic N) is 1. The lowest BCUT2D eigenvalue weighted by Crippen LogP contribution is -2.42.